The molecule has 0 aromatic carbocycles. The Morgan fingerprint density at radius 2 is 2.06 bits per heavy atom. The average Bonchev–Trinajstić information content (AvgIpc) is 2.16. The maximum Gasteiger partial charge on any atom is 0.407 e. The number of carbonyl (C=O) groups excluding carboxylic acids is 1. The van der Waals surface area contributed by atoms with E-state index >= 15 is 0 Å². The maximum absolute atomic E-state index is 11.4. The minimum absolute atomic E-state index is 0.406. The average molecular weight is 243 g/mol. The third-order valence-electron chi connectivity index (χ3n) is 2.06. The number of alkyl carbamates (subject to hydrolysis) is 1. The first kappa shape index (κ1) is 15.5. The molecule has 5 heteroatoms. The van der Waals surface area contributed by atoms with Crippen LogP contribution in [0.4, 0.5) is 4.79 Å². The number of rotatable bonds is 7. The number of carbonyl (C=O) groups is 2. The summed E-state index contributed by atoms with van der Waals surface area (Å²) in [6.45, 7) is 6.03. The Bertz CT molecular complexity index is 284. The molecular formula is C12H21NO4. The van der Waals surface area contributed by atoms with E-state index in [9.17, 15) is 9.59 Å². The van der Waals surface area contributed by atoms with Crippen molar-refractivity contribution in [3.05, 3.63) is 12.2 Å². The monoisotopic (exact) mass is 243 g/mol. The molecule has 0 aliphatic rings. The zero-order valence-electron chi connectivity index (χ0n) is 10.7. The fraction of sp³-hybridized carbons (Fsp3) is 0.667. The standard InChI is InChI=1S/C12H21NO4/c1-4-5-9-17-11(16)13-12(2,3)8-6-7-10(14)15/h6-7H,4-5,8-9H2,1-3H3,(H,13,16)(H,14,15)/b7-6+. The van der Waals surface area contributed by atoms with E-state index in [4.69, 9.17) is 9.84 Å². The number of ether oxygens (including phenoxy) is 1. The number of nitrogens with one attached hydrogen (secondary N) is 1. The minimum Gasteiger partial charge on any atom is -0.478 e. The van der Waals surface area contributed by atoms with Gasteiger partial charge in [0, 0.05) is 11.6 Å². The summed E-state index contributed by atoms with van der Waals surface area (Å²) in [6, 6.07) is 0. The highest BCUT2D eigenvalue weighted by Gasteiger charge is 2.19. The molecule has 0 aromatic rings. The molecule has 0 aromatic heterocycles. The van der Waals surface area contributed by atoms with Crippen molar-refractivity contribution in [2.24, 2.45) is 0 Å². The van der Waals surface area contributed by atoms with Crippen LogP contribution in [0.5, 0.6) is 0 Å². The van der Waals surface area contributed by atoms with Crippen molar-refractivity contribution < 1.29 is 19.4 Å². The molecule has 5 nitrogen and oxygen atoms in total. The van der Waals surface area contributed by atoms with E-state index in [1.165, 1.54) is 6.08 Å². The molecule has 0 saturated heterocycles. The van der Waals surface area contributed by atoms with Crippen LogP contribution in [0.25, 0.3) is 0 Å². The predicted octanol–water partition coefficient (Wildman–Crippen LogP) is 2.32. The van der Waals surface area contributed by atoms with Crippen LogP contribution in [0.2, 0.25) is 0 Å². The summed E-state index contributed by atoms with van der Waals surface area (Å²) < 4.78 is 4.96. The van der Waals surface area contributed by atoms with Crippen molar-refractivity contribution in [1.82, 2.24) is 5.32 Å². The zero-order valence-corrected chi connectivity index (χ0v) is 10.7. The van der Waals surface area contributed by atoms with Gasteiger partial charge in [-0.05, 0) is 26.7 Å². The molecule has 0 aliphatic carbocycles. The molecular weight excluding hydrogens is 222 g/mol. The molecule has 0 atom stereocenters. The van der Waals surface area contributed by atoms with E-state index in [2.05, 4.69) is 5.32 Å². The first-order valence-corrected chi connectivity index (χ1v) is 5.72. The van der Waals surface area contributed by atoms with Gasteiger partial charge in [0.25, 0.3) is 0 Å². The van der Waals surface area contributed by atoms with Gasteiger partial charge in [0.05, 0.1) is 6.61 Å². The van der Waals surface area contributed by atoms with E-state index in [1.54, 1.807) is 13.8 Å². The van der Waals surface area contributed by atoms with Crippen molar-refractivity contribution in [3.8, 4) is 0 Å². The normalized spacial score (nSPS) is 11.5. The van der Waals surface area contributed by atoms with Crippen LogP contribution in [0.1, 0.15) is 40.0 Å². The first-order chi connectivity index (χ1) is 7.87. The Morgan fingerprint density at radius 3 is 2.59 bits per heavy atom. The van der Waals surface area contributed by atoms with E-state index in [0.29, 0.717) is 13.0 Å². The maximum atomic E-state index is 11.4. The van der Waals surface area contributed by atoms with Gasteiger partial charge >= 0.3 is 12.1 Å². The highest BCUT2D eigenvalue weighted by molar-refractivity contribution is 5.79. The second-order valence-corrected chi connectivity index (χ2v) is 4.44. The number of unbranched alkanes of at least 4 members (excludes halogenated alkanes) is 1. The van der Waals surface area contributed by atoms with Crippen LogP contribution in [-0.2, 0) is 9.53 Å². The van der Waals surface area contributed by atoms with Gasteiger partial charge in [-0.1, -0.05) is 19.4 Å². The quantitative estimate of drug-likeness (QED) is 0.531. The van der Waals surface area contributed by atoms with Crippen molar-refractivity contribution in [1.29, 1.82) is 0 Å². The molecule has 0 fully saturated rings. The predicted molar refractivity (Wildman–Crippen MR) is 64.9 cm³/mol. The van der Waals surface area contributed by atoms with Gasteiger partial charge in [0.15, 0.2) is 0 Å². The van der Waals surface area contributed by atoms with Crippen molar-refractivity contribution in [2.75, 3.05) is 6.61 Å². The molecule has 0 saturated carbocycles. The second-order valence-electron chi connectivity index (χ2n) is 4.44. The fourth-order valence-corrected chi connectivity index (χ4v) is 1.13. The Balaban J connectivity index is 3.98. The SMILES string of the molecule is CCCCOC(=O)NC(C)(C)C/C=C/C(=O)O. The van der Waals surface area contributed by atoms with Gasteiger partial charge in [0.2, 0.25) is 0 Å². The number of hydrogen-bond acceptors (Lipinski definition) is 3. The molecule has 0 spiro atoms. The summed E-state index contributed by atoms with van der Waals surface area (Å²) in [5.41, 5.74) is -0.519. The molecule has 2 N–H and O–H groups in total. The fourth-order valence-electron chi connectivity index (χ4n) is 1.13. The van der Waals surface area contributed by atoms with Crippen LogP contribution in [0.15, 0.2) is 12.2 Å². The lowest BCUT2D eigenvalue weighted by Crippen LogP contribution is -2.43. The summed E-state index contributed by atoms with van der Waals surface area (Å²) in [5, 5.41) is 11.1. The zero-order chi connectivity index (χ0) is 13.3. The van der Waals surface area contributed by atoms with E-state index in [0.717, 1.165) is 18.9 Å². The lowest BCUT2D eigenvalue weighted by Gasteiger charge is -2.24. The van der Waals surface area contributed by atoms with Crippen LogP contribution < -0.4 is 5.32 Å². The van der Waals surface area contributed by atoms with E-state index < -0.39 is 17.6 Å². The lowest BCUT2D eigenvalue weighted by atomic mass is 10.0. The molecule has 98 valence electrons. The second kappa shape index (κ2) is 7.70. The third kappa shape index (κ3) is 9.41. The number of carboxylic acid groups (broad SMARTS) is 1. The summed E-state index contributed by atoms with van der Waals surface area (Å²) in [7, 11) is 0. The Labute approximate surface area is 102 Å². The Hall–Kier alpha value is -1.52. The third-order valence-corrected chi connectivity index (χ3v) is 2.06. The first-order valence-electron chi connectivity index (χ1n) is 5.72. The number of hydrogen-bond donors (Lipinski definition) is 2. The largest absolute Gasteiger partial charge is 0.478 e. The van der Waals surface area contributed by atoms with Crippen LogP contribution >= 0.6 is 0 Å². The molecule has 0 unspecified atom stereocenters. The van der Waals surface area contributed by atoms with E-state index in [-0.39, 0.29) is 0 Å². The van der Waals surface area contributed by atoms with Crippen LogP contribution in [-0.4, -0.2) is 29.3 Å². The van der Waals surface area contributed by atoms with Crippen LogP contribution in [0, 0.1) is 0 Å². The van der Waals surface area contributed by atoms with Crippen molar-refractivity contribution in [3.63, 3.8) is 0 Å². The molecule has 0 bridgehead atoms. The van der Waals surface area contributed by atoms with Gasteiger partial charge in [-0.25, -0.2) is 9.59 Å². The highest BCUT2D eigenvalue weighted by atomic mass is 16.5. The Kier molecular flexibility index (Phi) is 7.02. The van der Waals surface area contributed by atoms with Gasteiger partial charge in [0.1, 0.15) is 0 Å². The van der Waals surface area contributed by atoms with Gasteiger partial charge in [-0.3, -0.25) is 0 Å². The topological polar surface area (TPSA) is 75.6 Å². The molecule has 0 heterocycles. The lowest BCUT2D eigenvalue weighted by molar-refractivity contribution is -0.131. The molecule has 1 amide bonds. The van der Waals surface area contributed by atoms with Crippen molar-refractivity contribution in [2.45, 2.75) is 45.6 Å². The summed E-state index contributed by atoms with van der Waals surface area (Å²) in [6.07, 6.45) is 4.35. The number of aliphatic carboxylic acids is 1. The van der Waals surface area contributed by atoms with Gasteiger partial charge in [-0.15, -0.1) is 0 Å². The van der Waals surface area contributed by atoms with Gasteiger partial charge in [-0.2, -0.15) is 0 Å². The molecule has 0 rings (SSSR count). The summed E-state index contributed by atoms with van der Waals surface area (Å²) >= 11 is 0. The van der Waals surface area contributed by atoms with E-state index in [1.807, 2.05) is 6.92 Å². The number of amides is 1. The summed E-state index contributed by atoms with van der Waals surface area (Å²) in [5.74, 6) is -0.994. The summed E-state index contributed by atoms with van der Waals surface area (Å²) in [4.78, 5) is 21.6. The van der Waals surface area contributed by atoms with Gasteiger partial charge < -0.3 is 15.2 Å². The molecule has 0 radical (unpaired) electrons. The Morgan fingerprint density at radius 1 is 1.41 bits per heavy atom. The minimum atomic E-state index is -0.994. The number of carboxylic acids is 1. The van der Waals surface area contributed by atoms with Crippen LogP contribution in [0.3, 0.4) is 0 Å². The molecule has 0 aliphatic heterocycles. The smallest absolute Gasteiger partial charge is 0.407 e. The highest BCUT2D eigenvalue weighted by Crippen LogP contribution is 2.09. The molecule has 17 heavy (non-hydrogen) atoms. The van der Waals surface area contributed by atoms with Crippen molar-refractivity contribution >= 4 is 12.1 Å².